The van der Waals surface area contributed by atoms with E-state index in [0.29, 0.717) is 5.92 Å². The highest BCUT2D eigenvalue weighted by atomic mass is 79.9. The number of nitrogens with one attached hydrogen (secondary N) is 1. The number of amides is 1. The first-order valence-electron chi connectivity index (χ1n) is 7.59. The Morgan fingerprint density at radius 3 is 2.82 bits per heavy atom. The summed E-state index contributed by atoms with van der Waals surface area (Å²) in [6.07, 6.45) is 5.61. The van der Waals surface area contributed by atoms with Crippen molar-refractivity contribution in [3.8, 4) is 5.75 Å². The van der Waals surface area contributed by atoms with Gasteiger partial charge in [-0.2, -0.15) is 0 Å². The van der Waals surface area contributed by atoms with Gasteiger partial charge in [-0.3, -0.25) is 4.79 Å². The van der Waals surface area contributed by atoms with Crippen molar-refractivity contribution in [1.82, 2.24) is 10.2 Å². The molecule has 2 rings (SSSR count). The number of benzene rings is 1. The predicted molar refractivity (Wildman–Crippen MR) is 93.0 cm³/mol. The van der Waals surface area contributed by atoms with Crippen LogP contribution in [0.15, 0.2) is 28.7 Å². The first-order chi connectivity index (χ1) is 10.6. The van der Waals surface area contributed by atoms with Gasteiger partial charge < -0.3 is 15.0 Å². The van der Waals surface area contributed by atoms with E-state index < -0.39 is 0 Å². The third-order valence-corrected chi connectivity index (χ3v) is 4.51. The van der Waals surface area contributed by atoms with Gasteiger partial charge in [-0.1, -0.05) is 15.9 Å². The van der Waals surface area contributed by atoms with Gasteiger partial charge in [-0.15, -0.1) is 0 Å². The fraction of sp³-hybridized carbons (Fsp3) is 0.471. The highest BCUT2D eigenvalue weighted by Crippen LogP contribution is 2.24. The fourth-order valence-corrected chi connectivity index (χ4v) is 3.13. The largest absolute Gasteiger partial charge is 0.496 e. The molecule has 22 heavy (non-hydrogen) atoms. The lowest BCUT2D eigenvalue weighted by Crippen LogP contribution is -2.39. The number of hydrogen-bond acceptors (Lipinski definition) is 3. The second-order valence-corrected chi connectivity index (χ2v) is 6.46. The molecule has 0 radical (unpaired) electrons. The van der Waals surface area contributed by atoms with Crippen molar-refractivity contribution >= 4 is 27.9 Å². The van der Waals surface area contributed by atoms with Crippen LogP contribution in [0.2, 0.25) is 0 Å². The lowest BCUT2D eigenvalue weighted by atomic mass is 9.97. The lowest BCUT2D eigenvalue weighted by Gasteiger charge is -2.31. The molecule has 0 bridgehead atoms. The summed E-state index contributed by atoms with van der Waals surface area (Å²) in [7, 11) is 3.61. The van der Waals surface area contributed by atoms with Crippen molar-refractivity contribution in [3.63, 3.8) is 0 Å². The van der Waals surface area contributed by atoms with Crippen LogP contribution in [0.5, 0.6) is 5.75 Å². The Kier molecular flexibility index (Phi) is 6.46. The van der Waals surface area contributed by atoms with Gasteiger partial charge >= 0.3 is 0 Å². The minimum atomic E-state index is 0.0740. The van der Waals surface area contributed by atoms with Gasteiger partial charge in [0, 0.05) is 29.2 Å². The van der Waals surface area contributed by atoms with Crippen LogP contribution in [0.1, 0.15) is 18.4 Å². The van der Waals surface area contributed by atoms with Crippen molar-refractivity contribution in [1.29, 1.82) is 0 Å². The van der Waals surface area contributed by atoms with Crippen LogP contribution in [-0.2, 0) is 4.79 Å². The molecule has 120 valence electrons. The molecule has 1 aromatic rings. The first kappa shape index (κ1) is 17.0. The van der Waals surface area contributed by atoms with E-state index >= 15 is 0 Å². The number of carbonyl (C=O) groups excluding carboxylic acids is 1. The highest BCUT2D eigenvalue weighted by Gasteiger charge is 2.20. The minimum Gasteiger partial charge on any atom is -0.496 e. The van der Waals surface area contributed by atoms with Crippen LogP contribution < -0.4 is 10.1 Å². The van der Waals surface area contributed by atoms with E-state index in [1.807, 2.05) is 36.2 Å². The van der Waals surface area contributed by atoms with E-state index in [2.05, 4.69) is 21.2 Å². The molecule has 1 N–H and O–H groups in total. The number of hydrogen-bond donors (Lipinski definition) is 1. The van der Waals surface area contributed by atoms with E-state index in [1.54, 1.807) is 13.2 Å². The van der Waals surface area contributed by atoms with Crippen LogP contribution in [0.3, 0.4) is 0 Å². The van der Waals surface area contributed by atoms with E-state index in [-0.39, 0.29) is 5.91 Å². The molecular formula is C17H23BrN2O2. The zero-order chi connectivity index (χ0) is 15.9. The van der Waals surface area contributed by atoms with E-state index in [9.17, 15) is 4.79 Å². The number of nitrogens with zero attached hydrogens (tertiary/aromatic N) is 1. The summed E-state index contributed by atoms with van der Waals surface area (Å²) in [5.74, 6) is 1.52. The molecule has 1 saturated heterocycles. The molecule has 0 aliphatic carbocycles. The highest BCUT2D eigenvalue weighted by molar-refractivity contribution is 9.10. The molecule has 1 amide bonds. The zero-order valence-electron chi connectivity index (χ0n) is 13.1. The van der Waals surface area contributed by atoms with Crippen molar-refractivity contribution in [2.45, 2.75) is 12.8 Å². The molecule has 0 aromatic heterocycles. The van der Waals surface area contributed by atoms with Gasteiger partial charge in [-0.05, 0) is 56.6 Å². The standard InChI is InChI=1S/C17H23BrN2O2/c1-19-12-13-7-9-20(10-8-13)17(21)6-3-14-11-15(18)4-5-16(14)22-2/h3-6,11,13,19H,7-10,12H2,1-2H3/b6-3+. The van der Waals surface area contributed by atoms with Gasteiger partial charge in [-0.25, -0.2) is 0 Å². The Hall–Kier alpha value is -1.33. The molecule has 0 spiro atoms. The molecule has 4 nitrogen and oxygen atoms in total. The Bertz CT molecular complexity index is 537. The Labute approximate surface area is 140 Å². The molecule has 1 aliphatic rings. The molecule has 1 aliphatic heterocycles. The monoisotopic (exact) mass is 366 g/mol. The smallest absolute Gasteiger partial charge is 0.246 e. The fourth-order valence-electron chi connectivity index (χ4n) is 2.75. The summed E-state index contributed by atoms with van der Waals surface area (Å²) < 4.78 is 6.28. The Morgan fingerprint density at radius 1 is 1.45 bits per heavy atom. The number of likely N-dealkylation sites (tertiary alicyclic amines) is 1. The maximum Gasteiger partial charge on any atom is 0.246 e. The minimum absolute atomic E-state index is 0.0740. The van der Waals surface area contributed by atoms with Gasteiger partial charge in [0.2, 0.25) is 5.91 Å². The average molecular weight is 367 g/mol. The van der Waals surface area contributed by atoms with Crippen LogP contribution in [-0.4, -0.2) is 44.6 Å². The van der Waals surface area contributed by atoms with Crippen molar-refractivity contribution in [3.05, 3.63) is 34.3 Å². The van der Waals surface area contributed by atoms with Crippen LogP contribution in [0.25, 0.3) is 6.08 Å². The van der Waals surface area contributed by atoms with E-state index in [1.165, 1.54) is 0 Å². The van der Waals surface area contributed by atoms with Gasteiger partial charge in [0.05, 0.1) is 7.11 Å². The number of piperidine rings is 1. The molecule has 1 aromatic carbocycles. The van der Waals surface area contributed by atoms with Crippen molar-refractivity contribution < 1.29 is 9.53 Å². The summed E-state index contributed by atoms with van der Waals surface area (Å²) in [5.41, 5.74) is 0.898. The first-order valence-corrected chi connectivity index (χ1v) is 8.38. The van der Waals surface area contributed by atoms with Gasteiger partial charge in [0.15, 0.2) is 0 Å². The molecule has 5 heteroatoms. The van der Waals surface area contributed by atoms with Crippen LogP contribution in [0, 0.1) is 5.92 Å². The molecular weight excluding hydrogens is 344 g/mol. The predicted octanol–water partition coefficient (Wildman–Crippen LogP) is 2.93. The quantitative estimate of drug-likeness (QED) is 0.814. The third kappa shape index (κ3) is 4.58. The summed E-state index contributed by atoms with van der Waals surface area (Å²) in [6.45, 7) is 2.71. The molecule has 1 fully saturated rings. The summed E-state index contributed by atoms with van der Waals surface area (Å²) in [4.78, 5) is 14.2. The SMILES string of the molecule is CNCC1CCN(C(=O)/C=C/c2cc(Br)ccc2OC)CC1. The van der Waals surface area contributed by atoms with E-state index in [0.717, 1.165) is 48.3 Å². The maximum absolute atomic E-state index is 12.3. The Morgan fingerprint density at radius 2 is 2.18 bits per heavy atom. The maximum atomic E-state index is 12.3. The van der Waals surface area contributed by atoms with Crippen molar-refractivity contribution in [2.75, 3.05) is 33.8 Å². The summed E-state index contributed by atoms with van der Waals surface area (Å²) >= 11 is 3.44. The molecule has 0 saturated carbocycles. The van der Waals surface area contributed by atoms with E-state index in [4.69, 9.17) is 4.74 Å². The van der Waals surface area contributed by atoms with Crippen molar-refractivity contribution in [2.24, 2.45) is 5.92 Å². The van der Waals surface area contributed by atoms with Crippen LogP contribution >= 0.6 is 15.9 Å². The number of ether oxygens (including phenoxy) is 1. The lowest BCUT2D eigenvalue weighted by molar-refractivity contribution is -0.127. The normalized spacial score (nSPS) is 16.2. The number of rotatable bonds is 5. The second-order valence-electron chi connectivity index (χ2n) is 5.55. The summed E-state index contributed by atoms with van der Waals surface area (Å²) in [5, 5.41) is 3.21. The summed E-state index contributed by atoms with van der Waals surface area (Å²) in [6, 6.07) is 5.75. The average Bonchev–Trinajstić information content (AvgIpc) is 2.54. The zero-order valence-corrected chi connectivity index (χ0v) is 14.7. The van der Waals surface area contributed by atoms with Crippen LogP contribution in [0.4, 0.5) is 0 Å². The molecule has 0 atom stereocenters. The molecule has 0 unspecified atom stereocenters. The van der Waals surface area contributed by atoms with Gasteiger partial charge in [0.1, 0.15) is 5.75 Å². The molecule has 1 heterocycles. The Balaban J connectivity index is 1.96. The second kappa shape index (κ2) is 8.34. The van der Waals surface area contributed by atoms with Gasteiger partial charge in [0.25, 0.3) is 0 Å². The topological polar surface area (TPSA) is 41.6 Å². The number of carbonyl (C=O) groups is 1. The number of halogens is 1. The third-order valence-electron chi connectivity index (χ3n) is 4.02. The number of methoxy groups -OCH3 is 1.